The van der Waals surface area contributed by atoms with Crippen molar-refractivity contribution in [2.75, 3.05) is 6.54 Å². The zero-order chi connectivity index (χ0) is 13.7. The van der Waals surface area contributed by atoms with Crippen LogP contribution in [0, 0.1) is 10.1 Å². The van der Waals surface area contributed by atoms with Crippen molar-refractivity contribution in [3.8, 4) is 0 Å². The van der Waals surface area contributed by atoms with E-state index in [1.807, 2.05) is 18.4 Å². The number of nitrogens with zero attached hydrogens (tertiary/aromatic N) is 2. The van der Waals surface area contributed by atoms with Crippen LogP contribution in [-0.4, -0.2) is 16.5 Å². The van der Waals surface area contributed by atoms with Gasteiger partial charge in [0.15, 0.2) is 0 Å². The van der Waals surface area contributed by atoms with Gasteiger partial charge in [0.05, 0.1) is 9.93 Å². The van der Waals surface area contributed by atoms with E-state index in [1.165, 1.54) is 6.07 Å². The van der Waals surface area contributed by atoms with Crippen LogP contribution in [0.15, 0.2) is 35.8 Å². The molecule has 0 aliphatic heterocycles. The molecule has 1 heterocycles. The van der Waals surface area contributed by atoms with E-state index in [4.69, 9.17) is 0 Å². The number of nitro groups is 1. The van der Waals surface area contributed by atoms with E-state index in [0.29, 0.717) is 5.56 Å². The third-order valence-corrected chi connectivity index (χ3v) is 3.71. The first-order valence-electron chi connectivity index (χ1n) is 6.03. The third kappa shape index (κ3) is 3.59. The van der Waals surface area contributed by atoms with Crippen LogP contribution >= 0.6 is 11.3 Å². The van der Waals surface area contributed by atoms with E-state index in [2.05, 4.69) is 10.3 Å². The van der Waals surface area contributed by atoms with Gasteiger partial charge in [-0.1, -0.05) is 18.2 Å². The Kier molecular flexibility index (Phi) is 4.59. The fraction of sp³-hybridized carbons (Fsp3) is 0.308. The third-order valence-electron chi connectivity index (χ3n) is 2.87. The Bertz CT molecular complexity index is 543. The summed E-state index contributed by atoms with van der Waals surface area (Å²) in [5, 5.41) is 17.3. The van der Waals surface area contributed by atoms with Gasteiger partial charge in [0.25, 0.3) is 5.69 Å². The maximum atomic E-state index is 11.0. The maximum absolute atomic E-state index is 11.0. The van der Waals surface area contributed by atoms with E-state index in [0.717, 1.165) is 18.0 Å². The summed E-state index contributed by atoms with van der Waals surface area (Å²) in [6, 6.07) is 6.78. The molecular formula is C13H15N3O2S. The van der Waals surface area contributed by atoms with E-state index < -0.39 is 0 Å². The molecule has 0 saturated heterocycles. The number of thiazole rings is 1. The van der Waals surface area contributed by atoms with Gasteiger partial charge in [-0.05, 0) is 6.92 Å². The summed E-state index contributed by atoms with van der Waals surface area (Å²) in [7, 11) is 0. The van der Waals surface area contributed by atoms with Crippen molar-refractivity contribution in [3.63, 3.8) is 0 Å². The Hall–Kier alpha value is -1.79. The van der Waals surface area contributed by atoms with Crippen LogP contribution in [0.2, 0.25) is 0 Å². The second-order valence-electron chi connectivity index (χ2n) is 4.17. The minimum Gasteiger partial charge on any atom is -0.310 e. The second-order valence-corrected chi connectivity index (χ2v) is 5.15. The molecule has 1 unspecified atom stereocenters. The number of para-hydroxylation sites is 1. The van der Waals surface area contributed by atoms with Crippen molar-refractivity contribution in [1.82, 2.24) is 10.3 Å². The molecule has 1 atom stereocenters. The molecule has 0 saturated carbocycles. The average Bonchev–Trinajstić information content (AvgIpc) is 2.91. The number of nitrogens with one attached hydrogen (secondary N) is 1. The lowest BCUT2D eigenvalue weighted by Crippen LogP contribution is -2.22. The normalized spacial score (nSPS) is 12.3. The molecule has 100 valence electrons. The quantitative estimate of drug-likeness (QED) is 0.651. The molecule has 1 N–H and O–H groups in total. The predicted octanol–water partition coefficient (Wildman–Crippen LogP) is 2.94. The van der Waals surface area contributed by atoms with Gasteiger partial charge in [0.2, 0.25) is 0 Å². The first kappa shape index (κ1) is 13.6. The number of benzene rings is 1. The molecule has 0 aliphatic carbocycles. The highest BCUT2D eigenvalue weighted by Crippen LogP contribution is 2.24. The Labute approximate surface area is 115 Å². The smallest absolute Gasteiger partial charge is 0.274 e. The highest BCUT2D eigenvalue weighted by Gasteiger charge is 2.17. The fourth-order valence-corrected chi connectivity index (χ4v) is 2.52. The Morgan fingerprint density at radius 1 is 1.47 bits per heavy atom. The molecule has 2 aromatic rings. The Morgan fingerprint density at radius 3 is 2.95 bits per heavy atom. The molecular weight excluding hydrogens is 262 g/mol. The summed E-state index contributed by atoms with van der Waals surface area (Å²) in [4.78, 5) is 14.8. The van der Waals surface area contributed by atoms with Crippen molar-refractivity contribution in [1.29, 1.82) is 0 Å². The average molecular weight is 277 g/mol. The highest BCUT2D eigenvalue weighted by molar-refractivity contribution is 7.09. The molecule has 0 fully saturated rings. The summed E-state index contributed by atoms with van der Waals surface area (Å²) in [5.41, 5.74) is 0.878. The van der Waals surface area contributed by atoms with E-state index in [1.54, 1.807) is 29.7 Å². The summed E-state index contributed by atoms with van der Waals surface area (Å²) < 4.78 is 0. The first-order chi connectivity index (χ1) is 9.18. The number of rotatable bonds is 6. The van der Waals surface area contributed by atoms with Crippen LogP contribution in [0.3, 0.4) is 0 Å². The second kappa shape index (κ2) is 6.40. The summed E-state index contributed by atoms with van der Waals surface area (Å²) in [5.74, 6) is 0. The van der Waals surface area contributed by atoms with E-state index >= 15 is 0 Å². The molecule has 6 heteroatoms. The Balaban J connectivity index is 1.96. The largest absolute Gasteiger partial charge is 0.310 e. The van der Waals surface area contributed by atoms with Crippen molar-refractivity contribution in [2.24, 2.45) is 0 Å². The van der Waals surface area contributed by atoms with Crippen LogP contribution in [0.4, 0.5) is 5.69 Å². The molecule has 2 rings (SSSR count). The molecule has 0 amide bonds. The zero-order valence-corrected chi connectivity index (χ0v) is 11.4. The van der Waals surface area contributed by atoms with Crippen LogP contribution in [0.5, 0.6) is 0 Å². The lowest BCUT2D eigenvalue weighted by molar-refractivity contribution is -0.385. The van der Waals surface area contributed by atoms with Gasteiger partial charge < -0.3 is 5.32 Å². The van der Waals surface area contributed by atoms with Crippen molar-refractivity contribution < 1.29 is 4.92 Å². The van der Waals surface area contributed by atoms with Gasteiger partial charge in [0.1, 0.15) is 0 Å². The number of hydrogen-bond donors (Lipinski definition) is 1. The van der Waals surface area contributed by atoms with Crippen LogP contribution < -0.4 is 5.32 Å². The highest BCUT2D eigenvalue weighted by atomic mass is 32.1. The standard InChI is InChI=1S/C13H15N3O2S/c1-10(14-7-6-13-15-8-9-19-13)11-4-2-3-5-12(11)16(17)18/h2-5,8-10,14H,6-7H2,1H3. The van der Waals surface area contributed by atoms with Gasteiger partial charge in [-0.2, -0.15) is 0 Å². The monoisotopic (exact) mass is 277 g/mol. The van der Waals surface area contributed by atoms with Gasteiger partial charge >= 0.3 is 0 Å². The molecule has 1 aromatic carbocycles. The first-order valence-corrected chi connectivity index (χ1v) is 6.91. The molecule has 1 aromatic heterocycles. The van der Waals surface area contributed by atoms with Crippen molar-refractivity contribution in [2.45, 2.75) is 19.4 Å². The summed E-state index contributed by atoms with van der Waals surface area (Å²) in [6.07, 6.45) is 2.62. The zero-order valence-electron chi connectivity index (χ0n) is 10.6. The molecule has 0 radical (unpaired) electrons. The van der Waals surface area contributed by atoms with Gasteiger partial charge in [0, 0.05) is 42.2 Å². The maximum Gasteiger partial charge on any atom is 0.274 e. The molecule has 0 bridgehead atoms. The lowest BCUT2D eigenvalue weighted by Gasteiger charge is -2.13. The van der Waals surface area contributed by atoms with Crippen LogP contribution in [0.25, 0.3) is 0 Å². The minimum absolute atomic E-state index is 0.0541. The summed E-state index contributed by atoms with van der Waals surface area (Å²) in [6.45, 7) is 2.69. The lowest BCUT2D eigenvalue weighted by atomic mass is 10.1. The fourth-order valence-electron chi connectivity index (χ4n) is 1.90. The number of nitro benzene ring substituents is 1. The van der Waals surface area contributed by atoms with Gasteiger partial charge in [-0.3, -0.25) is 10.1 Å². The van der Waals surface area contributed by atoms with Crippen molar-refractivity contribution >= 4 is 17.0 Å². The molecule has 5 nitrogen and oxygen atoms in total. The topological polar surface area (TPSA) is 68.1 Å². The Morgan fingerprint density at radius 2 is 2.26 bits per heavy atom. The molecule has 0 spiro atoms. The molecule has 0 aliphatic rings. The van der Waals surface area contributed by atoms with Crippen molar-refractivity contribution in [3.05, 3.63) is 56.5 Å². The summed E-state index contributed by atoms with van der Waals surface area (Å²) >= 11 is 1.62. The predicted molar refractivity (Wildman–Crippen MR) is 75.3 cm³/mol. The van der Waals surface area contributed by atoms with E-state index in [9.17, 15) is 10.1 Å². The van der Waals surface area contributed by atoms with Gasteiger partial charge in [-0.15, -0.1) is 11.3 Å². The minimum atomic E-state index is -0.339. The molecule has 19 heavy (non-hydrogen) atoms. The number of hydrogen-bond acceptors (Lipinski definition) is 5. The number of aromatic nitrogens is 1. The van der Waals surface area contributed by atoms with Gasteiger partial charge in [-0.25, -0.2) is 4.98 Å². The van der Waals surface area contributed by atoms with E-state index in [-0.39, 0.29) is 16.7 Å². The van der Waals surface area contributed by atoms with Crippen LogP contribution in [0.1, 0.15) is 23.5 Å². The van der Waals surface area contributed by atoms with Crippen LogP contribution in [-0.2, 0) is 6.42 Å². The SMILES string of the molecule is CC(NCCc1nccs1)c1ccccc1[N+](=O)[O-].